The SMILES string of the molecule is CCC(=O)N(CCCCC[C@@H]1Cc2cc(O)ccc2[C@@H]2[C@@H]1[C@@H]1CC[C@H](O)[C@@]1(C)C[C@@H]2F)CC1CCCCC1. The van der Waals surface area contributed by atoms with Crippen LogP contribution in [0.3, 0.4) is 0 Å². The Morgan fingerprint density at radius 3 is 2.66 bits per heavy atom. The Morgan fingerprint density at radius 1 is 1.11 bits per heavy atom. The molecule has 1 aromatic rings. The van der Waals surface area contributed by atoms with Crippen LogP contribution in [0.5, 0.6) is 5.75 Å². The van der Waals surface area contributed by atoms with Crippen molar-refractivity contribution in [1.82, 2.24) is 4.90 Å². The van der Waals surface area contributed by atoms with Crippen LogP contribution in [0.1, 0.15) is 114 Å². The highest BCUT2D eigenvalue weighted by Crippen LogP contribution is 2.63. The predicted octanol–water partition coefficient (Wildman–Crippen LogP) is 7.16. The number of unbranched alkanes of at least 4 members (excludes halogenated alkanes) is 2. The third-order valence-electron chi connectivity index (χ3n) is 11.1. The summed E-state index contributed by atoms with van der Waals surface area (Å²) in [6.07, 6.45) is 13.1. The molecular weight excluding hydrogens is 477 g/mol. The van der Waals surface area contributed by atoms with Crippen molar-refractivity contribution in [3.63, 3.8) is 0 Å². The van der Waals surface area contributed by atoms with Crippen molar-refractivity contribution in [1.29, 1.82) is 0 Å². The van der Waals surface area contributed by atoms with Crippen molar-refractivity contribution in [3.05, 3.63) is 29.3 Å². The largest absolute Gasteiger partial charge is 0.508 e. The van der Waals surface area contributed by atoms with Crippen molar-refractivity contribution in [3.8, 4) is 5.75 Å². The number of alkyl halides is 1. The molecule has 3 saturated carbocycles. The fraction of sp³-hybridized carbons (Fsp3) is 0.788. The summed E-state index contributed by atoms with van der Waals surface area (Å²) in [7, 11) is 0. The third-order valence-corrected chi connectivity index (χ3v) is 11.1. The maximum atomic E-state index is 16.0. The number of fused-ring (bicyclic) bond motifs is 5. The number of halogens is 1. The number of phenols is 1. The summed E-state index contributed by atoms with van der Waals surface area (Å²) in [5.74, 6) is 2.09. The molecule has 3 fully saturated rings. The molecule has 0 spiro atoms. The second-order valence-corrected chi connectivity index (χ2v) is 13.4. The Labute approximate surface area is 229 Å². The summed E-state index contributed by atoms with van der Waals surface area (Å²) in [5.41, 5.74) is 1.89. The van der Waals surface area contributed by atoms with Gasteiger partial charge in [-0.15, -0.1) is 0 Å². The Morgan fingerprint density at radius 2 is 1.89 bits per heavy atom. The molecular formula is C33H50FNO3. The van der Waals surface area contributed by atoms with Gasteiger partial charge in [0, 0.05) is 25.4 Å². The Kier molecular flexibility index (Phi) is 8.72. The molecule has 1 amide bonds. The number of carbonyl (C=O) groups excluding carboxylic acids is 1. The van der Waals surface area contributed by atoms with Crippen molar-refractivity contribution in [2.24, 2.45) is 29.1 Å². The zero-order valence-corrected chi connectivity index (χ0v) is 23.7. The van der Waals surface area contributed by atoms with Crippen molar-refractivity contribution in [2.75, 3.05) is 13.1 Å². The maximum Gasteiger partial charge on any atom is 0.222 e. The lowest BCUT2D eigenvalue weighted by Crippen LogP contribution is -2.51. The van der Waals surface area contributed by atoms with Crippen molar-refractivity contribution < 1.29 is 19.4 Å². The van der Waals surface area contributed by atoms with Crippen LogP contribution in [-0.4, -0.2) is 46.4 Å². The first kappa shape index (κ1) is 27.9. The molecule has 4 aliphatic carbocycles. The van der Waals surface area contributed by atoms with Gasteiger partial charge in [0.1, 0.15) is 11.9 Å². The van der Waals surface area contributed by atoms with Gasteiger partial charge >= 0.3 is 0 Å². The number of hydrogen-bond donors (Lipinski definition) is 2. The summed E-state index contributed by atoms with van der Waals surface area (Å²) >= 11 is 0. The van der Waals surface area contributed by atoms with Gasteiger partial charge in [-0.3, -0.25) is 4.79 Å². The van der Waals surface area contributed by atoms with Crippen LogP contribution in [0.15, 0.2) is 18.2 Å². The van der Waals surface area contributed by atoms with Crippen LogP contribution in [0, 0.1) is 29.1 Å². The van der Waals surface area contributed by atoms with E-state index in [-0.39, 0.29) is 28.9 Å². The first-order chi connectivity index (χ1) is 18.3. The number of hydrogen-bond acceptors (Lipinski definition) is 3. The average Bonchev–Trinajstić information content (AvgIpc) is 3.20. The molecule has 2 N–H and O–H groups in total. The number of nitrogens with zero attached hydrogens (tertiary/aromatic N) is 1. The predicted molar refractivity (Wildman–Crippen MR) is 150 cm³/mol. The van der Waals surface area contributed by atoms with Gasteiger partial charge < -0.3 is 15.1 Å². The number of aromatic hydroxyl groups is 1. The number of benzene rings is 1. The minimum atomic E-state index is -0.950. The molecule has 0 bridgehead atoms. The quantitative estimate of drug-likeness (QED) is 0.335. The minimum Gasteiger partial charge on any atom is -0.508 e. The summed E-state index contributed by atoms with van der Waals surface area (Å²) in [6.45, 7) is 5.89. The first-order valence-corrected chi connectivity index (χ1v) is 15.7. The standard InChI is InChI=1S/C33H50FNO3/c1-3-30(38)35(21-22-10-6-4-7-11-22)17-9-5-8-12-23-18-24-19-25(36)13-14-26(24)32-28(34)20-33(2)27(31(23)32)15-16-29(33)37/h13-14,19,22-23,27-29,31-32,36-37H,3-12,15-18,20-21H2,1-2H3/t23-,27+,28+,29+,31+,32+,33+/m1/s1. The fourth-order valence-corrected chi connectivity index (χ4v) is 9.14. The molecule has 212 valence electrons. The monoisotopic (exact) mass is 527 g/mol. The van der Waals surface area contributed by atoms with Crippen LogP contribution < -0.4 is 0 Å². The molecule has 0 saturated heterocycles. The van der Waals surface area contributed by atoms with Crippen molar-refractivity contribution >= 4 is 5.91 Å². The van der Waals surface area contributed by atoms with E-state index in [1.807, 2.05) is 19.1 Å². The summed E-state index contributed by atoms with van der Waals surface area (Å²) < 4.78 is 16.0. The Hall–Kier alpha value is -1.62. The summed E-state index contributed by atoms with van der Waals surface area (Å²) in [5, 5.41) is 21.0. The molecule has 0 heterocycles. The molecule has 1 aromatic carbocycles. The lowest BCUT2D eigenvalue weighted by molar-refractivity contribution is -0.131. The Balaban J connectivity index is 1.23. The molecule has 0 radical (unpaired) electrons. The highest BCUT2D eigenvalue weighted by Gasteiger charge is 2.59. The molecule has 4 nitrogen and oxygen atoms in total. The highest BCUT2D eigenvalue weighted by molar-refractivity contribution is 5.75. The summed E-state index contributed by atoms with van der Waals surface area (Å²) in [4.78, 5) is 14.8. The molecule has 5 rings (SSSR count). The molecule has 4 aliphatic rings. The number of aliphatic hydroxyl groups is 1. The smallest absolute Gasteiger partial charge is 0.222 e. The minimum absolute atomic E-state index is 0.124. The maximum absolute atomic E-state index is 16.0. The molecule has 0 aromatic heterocycles. The van der Waals surface area contributed by atoms with Gasteiger partial charge in [0.2, 0.25) is 5.91 Å². The van der Waals surface area contributed by atoms with E-state index >= 15 is 4.39 Å². The van der Waals surface area contributed by atoms with Crippen LogP contribution >= 0.6 is 0 Å². The van der Waals surface area contributed by atoms with Crippen LogP contribution in [0.4, 0.5) is 4.39 Å². The average molecular weight is 528 g/mol. The summed E-state index contributed by atoms with van der Waals surface area (Å²) in [6, 6.07) is 5.55. The van der Waals surface area contributed by atoms with E-state index in [0.717, 1.165) is 69.2 Å². The van der Waals surface area contributed by atoms with E-state index in [0.29, 0.717) is 30.6 Å². The van der Waals surface area contributed by atoms with E-state index in [9.17, 15) is 15.0 Å². The molecule has 0 aliphatic heterocycles. The van der Waals surface area contributed by atoms with E-state index < -0.39 is 12.3 Å². The normalized spacial score (nSPS) is 34.8. The first-order valence-electron chi connectivity index (χ1n) is 15.7. The van der Waals surface area contributed by atoms with Gasteiger partial charge in [0.05, 0.1) is 6.10 Å². The van der Waals surface area contributed by atoms with E-state index in [1.165, 1.54) is 32.1 Å². The van der Waals surface area contributed by atoms with Gasteiger partial charge in [0.25, 0.3) is 0 Å². The van der Waals surface area contributed by atoms with Crippen LogP contribution in [0.2, 0.25) is 0 Å². The number of phenolic OH excluding ortho intramolecular Hbond substituents is 1. The van der Waals surface area contributed by atoms with Crippen LogP contribution in [0.25, 0.3) is 0 Å². The van der Waals surface area contributed by atoms with Crippen LogP contribution in [-0.2, 0) is 11.2 Å². The fourth-order valence-electron chi connectivity index (χ4n) is 9.14. The van der Waals surface area contributed by atoms with Gasteiger partial charge in [-0.2, -0.15) is 0 Å². The molecule has 5 heteroatoms. The van der Waals surface area contributed by atoms with E-state index in [2.05, 4.69) is 11.8 Å². The lowest BCUT2D eigenvalue weighted by atomic mass is 9.51. The number of aliphatic hydroxyl groups excluding tert-OH is 1. The number of rotatable bonds is 9. The Bertz CT molecular complexity index is 962. The second kappa shape index (κ2) is 11.9. The van der Waals surface area contributed by atoms with E-state index in [4.69, 9.17) is 0 Å². The molecule has 0 unspecified atom stereocenters. The van der Waals surface area contributed by atoms with Gasteiger partial charge in [-0.05, 0) is 104 Å². The topological polar surface area (TPSA) is 60.8 Å². The number of amides is 1. The van der Waals surface area contributed by atoms with Gasteiger partial charge in [-0.25, -0.2) is 4.39 Å². The van der Waals surface area contributed by atoms with Crippen molar-refractivity contribution in [2.45, 2.75) is 122 Å². The van der Waals surface area contributed by atoms with E-state index in [1.54, 1.807) is 6.07 Å². The molecule has 7 atom stereocenters. The third kappa shape index (κ3) is 5.51. The number of carbonyl (C=O) groups is 1. The lowest BCUT2D eigenvalue weighted by Gasteiger charge is -2.54. The zero-order chi connectivity index (χ0) is 26.9. The van der Waals surface area contributed by atoms with Gasteiger partial charge in [0.15, 0.2) is 0 Å². The zero-order valence-electron chi connectivity index (χ0n) is 23.7. The molecule has 38 heavy (non-hydrogen) atoms. The second-order valence-electron chi connectivity index (χ2n) is 13.4. The highest BCUT2D eigenvalue weighted by atomic mass is 19.1. The van der Waals surface area contributed by atoms with Gasteiger partial charge in [-0.1, -0.05) is 52.0 Å².